The van der Waals surface area contributed by atoms with Gasteiger partial charge in [-0.25, -0.2) is 17.2 Å². The largest absolute Gasteiger partial charge is 0.466 e. The van der Waals surface area contributed by atoms with Gasteiger partial charge >= 0.3 is 5.97 Å². The second-order valence-electron chi connectivity index (χ2n) is 16.9. The normalized spacial score (nSPS) is 18.6. The molecule has 2 heterocycles. The van der Waals surface area contributed by atoms with Crippen molar-refractivity contribution in [3.8, 4) is 28.3 Å². The number of fused-ring (bicyclic) bond motifs is 1. The maximum Gasteiger partial charge on any atom is 0.306 e. The highest BCUT2D eigenvalue weighted by molar-refractivity contribution is 7.90. The minimum Gasteiger partial charge on any atom is -0.466 e. The van der Waals surface area contributed by atoms with Gasteiger partial charge in [-0.15, -0.1) is 0 Å². The quantitative estimate of drug-likeness (QED) is 0.0596. The fourth-order valence-electron chi connectivity index (χ4n) is 7.60. The highest BCUT2D eigenvalue weighted by Crippen LogP contribution is 2.36. The molecule has 0 bridgehead atoms. The summed E-state index contributed by atoms with van der Waals surface area (Å²) in [7, 11) is -4.33. The van der Waals surface area contributed by atoms with Crippen LogP contribution in [0.4, 0.5) is 8.78 Å². The molecule has 4 aromatic rings. The minimum absolute atomic E-state index is 0.0289. The average molecular weight is 825 g/mol. The molecule has 14 heteroatoms. The molecule has 1 saturated carbocycles. The van der Waals surface area contributed by atoms with E-state index in [1.165, 1.54) is 17.9 Å². The molecule has 0 N–H and O–H groups in total. The number of aromatic nitrogens is 2. The zero-order chi connectivity index (χ0) is 40.7. The molecule has 0 spiro atoms. The van der Waals surface area contributed by atoms with Crippen molar-refractivity contribution < 1.29 is 36.2 Å². The topological polar surface area (TPSA) is 103 Å². The first-order chi connectivity index (χ1) is 27.2. The number of esters is 1. The van der Waals surface area contributed by atoms with Gasteiger partial charge < -0.3 is 14.2 Å². The molecule has 1 aliphatic carbocycles. The third kappa shape index (κ3) is 11.9. The molecule has 57 heavy (non-hydrogen) atoms. The summed E-state index contributed by atoms with van der Waals surface area (Å²) in [6, 6.07) is 18.0. The van der Waals surface area contributed by atoms with Gasteiger partial charge in [0.15, 0.2) is 5.82 Å². The lowest BCUT2D eigenvalue weighted by atomic mass is 9.85. The Hall–Kier alpha value is -3.69. The Kier molecular flexibility index (Phi) is 14.2. The van der Waals surface area contributed by atoms with Gasteiger partial charge in [0.1, 0.15) is 34.0 Å². The first kappa shape index (κ1) is 42.9. The highest BCUT2D eigenvalue weighted by atomic mass is 32.2. The summed E-state index contributed by atoms with van der Waals surface area (Å²) in [5.41, 5.74) is 3.68. The molecule has 10 nitrogen and oxygen atoms in total. The van der Waals surface area contributed by atoms with Crippen LogP contribution < -0.4 is 4.74 Å². The minimum atomic E-state index is -2.97. The van der Waals surface area contributed by atoms with E-state index in [9.17, 15) is 13.2 Å². The number of carbonyl (C=O) groups is 1. The molecule has 2 aliphatic rings. The molecular formula is C43H58F2N4O6SSi. The Morgan fingerprint density at radius 1 is 0.895 bits per heavy atom. The van der Waals surface area contributed by atoms with Crippen molar-refractivity contribution in [1.29, 1.82) is 0 Å². The summed E-state index contributed by atoms with van der Waals surface area (Å²) < 4.78 is 74.7. The molecule has 0 radical (unpaired) electrons. The van der Waals surface area contributed by atoms with E-state index in [0.717, 1.165) is 62.7 Å². The first-order valence-corrected chi connectivity index (χ1v) is 26.0. The van der Waals surface area contributed by atoms with E-state index >= 15 is 8.78 Å². The van der Waals surface area contributed by atoms with Gasteiger partial charge in [-0.3, -0.25) is 19.2 Å². The number of halogens is 2. The van der Waals surface area contributed by atoms with Gasteiger partial charge in [-0.05, 0) is 66.8 Å². The molecule has 1 aliphatic heterocycles. The second kappa shape index (κ2) is 18.9. The van der Waals surface area contributed by atoms with Crippen molar-refractivity contribution in [1.82, 2.24) is 19.4 Å². The van der Waals surface area contributed by atoms with Crippen molar-refractivity contribution >= 4 is 34.9 Å². The number of piperazine rings is 1. The van der Waals surface area contributed by atoms with Crippen molar-refractivity contribution in [3.05, 3.63) is 71.8 Å². The van der Waals surface area contributed by atoms with Gasteiger partial charge in [-0.1, -0.05) is 68.2 Å². The van der Waals surface area contributed by atoms with Crippen LogP contribution in [0.15, 0.2) is 54.6 Å². The van der Waals surface area contributed by atoms with Gasteiger partial charge in [0, 0.05) is 72.7 Å². The number of carbonyl (C=O) groups excluding carboxylic acids is 1. The van der Waals surface area contributed by atoms with Crippen LogP contribution in [0.1, 0.15) is 44.6 Å². The summed E-state index contributed by atoms with van der Waals surface area (Å²) in [6.45, 7) is 14.4. The van der Waals surface area contributed by atoms with Crippen molar-refractivity contribution in [3.63, 3.8) is 0 Å². The van der Waals surface area contributed by atoms with E-state index in [-0.39, 0.29) is 53.1 Å². The van der Waals surface area contributed by atoms with Crippen LogP contribution in [-0.4, -0.2) is 106 Å². The zero-order valence-electron chi connectivity index (χ0n) is 34.1. The maximum atomic E-state index is 16.5. The predicted octanol–water partition coefficient (Wildman–Crippen LogP) is 8.01. The molecule has 1 saturated heterocycles. The van der Waals surface area contributed by atoms with Crippen LogP contribution in [0.25, 0.3) is 33.3 Å². The van der Waals surface area contributed by atoms with Gasteiger partial charge in [-0.2, -0.15) is 4.98 Å². The Morgan fingerprint density at radius 2 is 1.51 bits per heavy atom. The molecule has 310 valence electrons. The smallest absolute Gasteiger partial charge is 0.306 e. The number of ether oxygens (including phenoxy) is 3. The van der Waals surface area contributed by atoms with E-state index in [1.807, 2.05) is 12.1 Å². The standard InChI is InChI=1S/C43H58F2N4O6SSi/c1-6-54-39(50)27-31-9-17-36(18-10-31)55-43-46-42-38(49(43)30-53-24-26-57(3,4)5)28-37(44)40(41(42)45)35-15-13-34(14-16-35)33-11-7-32(8-12-33)29-48-21-19-47(20-22-48)23-25-56(2,51)52/h7-8,11-16,28,31,36H,6,9-10,17-27,29-30H2,1-5H3. The van der Waals surface area contributed by atoms with Gasteiger partial charge in [0.25, 0.3) is 6.01 Å². The van der Waals surface area contributed by atoms with Crippen LogP contribution in [0.5, 0.6) is 6.01 Å². The molecule has 0 unspecified atom stereocenters. The lowest BCUT2D eigenvalue weighted by Crippen LogP contribution is -2.47. The van der Waals surface area contributed by atoms with Crippen molar-refractivity contribution in [2.75, 3.05) is 57.9 Å². The average Bonchev–Trinajstić information content (AvgIpc) is 3.50. The van der Waals surface area contributed by atoms with Crippen LogP contribution in [0.3, 0.4) is 0 Å². The Labute approximate surface area is 337 Å². The van der Waals surface area contributed by atoms with Gasteiger partial charge in [0.05, 0.1) is 23.4 Å². The van der Waals surface area contributed by atoms with E-state index < -0.39 is 29.5 Å². The molecule has 0 atom stereocenters. The molecule has 0 amide bonds. The lowest BCUT2D eigenvalue weighted by Gasteiger charge is -2.34. The number of imidazole rings is 1. The Balaban J connectivity index is 1.14. The SMILES string of the molecule is CCOC(=O)CC1CCC(Oc2nc3c(F)c(-c4ccc(-c5ccc(CN6CCN(CCS(C)(=O)=O)CC6)cc5)cc4)c(F)cc3n2COCC[Si](C)(C)C)CC1. The molecule has 3 aromatic carbocycles. The lowest BCUT2D eigenvalue weighted by molar-refractivity contribution is -0.144. The second-order valence-corrected chi connectivity index (χ2v) is 24.8. The van der Waals surface area contributed by atoms with Crippen LogP contribution >= 0.6 is 0 Å². The Bertz CT molecular complexity index is 2070. The summed E-state index contributed by atoms with van der Waals surface area (Å²) in [5.74, 6) is -1.20. The van der Waals surface area contributed by atoms with Crippen molar-refractivity contribution in [2.24, 2.45) is 5.92 Å². The van der Waals surface area contributed by atoms with E-state index in [2.05, 4.69) is 58.7 Å². The van der Waals surface area contributed by atoms with Gasteiger partial charge in [0.2, 0.25) is 0 Å². The van der Waals surface area contributed by atoms with Crippen molar-refractivity contribution in [2.45, 2.75) is 84.1 Å². The van der Waals surface area contributed by atoms with Crippen LogP contribution in [-0.2, 0) is 37.4 Å². The number of hydrogen-bond acceptors (Lipinski definition) is 9. The summed E-state index contributed by atoms with van der Waals surface area (Å²) in [6.07, 6.45) is 4.54. The monoisotopic (exact) mass is 824 g/mol. The van der Waals surface area contributed by atoms with Crippen LogP contribution in [0.2, 0.25) is 25.7 Å². The van der Waals surface area contributed by atoms with E-state index in [1.54, 1.807) is 23.6 Å². The third-order valence-electron chi connectivity index (χ3n) is 11.1. The maximum absolute atomic E-state index is 16.5. The zero-order valence-corrected chi connectivity index (χ0v) is 35.9. The number of nitrogens with zero attached hydrogens (tertiary/aromatic N) is 4. The predicted molar refractivity (Wildman–Crippen MR) is 224 cm³/mol. The van der Waals surface area contributed by atoms with Crippen LogP contribution in [0, 0.1) is 17.6 Å². The summed E-state index contributed by atoms with van der Waals surface area (Å²) >= 11 is 0. The molecule has 2 fully saturated rings. The highest BCUT2D eigenvalue weighted by Gasteiger charge is 2.28. The molecule has 1 aromatic heterocycles. The molecule has 6 rings (SSSR count). The third-order valence-corrected chi connectivity index (χ3v) is 13.7. The first-order valence-electron chi connectivity index (χ1n) is 20.3. The fraction of sp³-hybridized carbons (Fsp3) is 0.535. The Morgan fingerprint density at radius 3 is 2.12 bits per heavy atom. The molecular weight excluding hydrogens is 767 g/mol. The number of benzene rings is 3. The number of rotatable bonds is 17. The fourth-order valence-corrected chi connectivity index (χ4v) is 8.94. The van der Waals surface area contributed by atoms with E-state index in [0.29, 0.717) is 44.6 Å². The summed E-state index contributed by atoms with van der Waals surface area (Å²) in [5, 5.41) is 0. The summed E-state index contributed by atoms with van der Waals surface area (Å²) in [4.78, 5) is 21.2. The number of sulfone groups is 1. The number of hydrogen-bond donors (Lipinski definition) is 0. The van der Waals surface area contributed by atoms with E-state index in [4.69, 9.17) is 14.2 Å².